The van der Waals surface area contributed by atoms with Gasteiger partial charge in [0.25, 0.3) is 0 Å². The highest BCUT2D eigenvalue weighted by Gasteiger charge is 2.12. The van der Waals surface area contributed by atoms with Gasteiger partial charge in [0.05, 0.1) is 0 Å². The van der Waals surface area contributed by atoms with E-state index in [2.05, 4.69) is 48.3 Å². The molecule has 0 saturated carbocycles. The highest BCUT2D eigenvalue weighted by Crippen LogP contribution is 2.09. The Morgan fingerprint density at radius 2 is 1.65 bits per heavy atom. The highest BCUT2D eigenvalue weighted by atomic mass is 15.2. The standard InChI is InChI=1S/C21H45N5/c1-5-22-21(23-13-9-7-6-8-12-20(2)3)24-14-10-11-15-26-18-16-25(4)17-19-26/h20H,5-19H2,1-4H3,(H2,22,23,24). The zero-order chi connectivity index (χ0) is 19.0. The van der Waals surface area contributed by atoms with Crippen molar-refractivity contribution in [2.45, 2.75) is 65.7 Å². The summed E-state index contributed by atoms with van der Waals surface area (Å²) in [5.74, 6) is 1.84. The van der Waals surface area contributed by atoms with E-state index in [0.717, 1.165) is 31.5 Å². The summed E-state index contributed by atoms with van der Waals surface area (Å²) in [6.07, 6.45) is 9.08. The SMILES string of the molecule is CCNC(=NCCCCCCC(C)C)NCCCCN1CCN(C)CC1. The summed E-state index contributed by atoms with van der Waals surface area (Å²) in [6, 6.07) is 0. The smallest absolute Gasteiger partial charge is 0.191 e. The molecule has 0 radical (unpaired) electrons. The molecule has 0 aliphatic carbocycles. The molecule has 26 heavy (non-hydrogen) atoms. The van der Waals surface area contributed by atoms with Crippen molar-refractivity contribution in [1.29, 1.82) is 0 Å². The lowest BCUT2D eigenvalue weighted by molar-refractivity contribution is 0.152. The van der Waals surface area contributed by atoms with Gasteiger partial charge in [-0.2, -0.15) is 0 Å². The van der Waals surface area contributed by atoms with Crippen molar-refractivity contribution in [3.63, 3.8) is 0 Å². The van der Waals surface area contributed by atoms with Crippen LogP contribution in [0, 0.1) is 5.92 Å². The van der Waals surface area contributed by atoms with Crippen molar-refractivity contribution in [3.05, 3.63) is 0 Å². The Morgan fingerprint density at radius 1 is 0.923 bits per heavy atom. The molecule has 0 aromatic heterocycles. The van der Waals surface area contributed by atoms with Crippen molar-refractivity contribution in [2.75, 3.05) is 59.4 Å². The summed E-state index contributed by atoms with van der Waals surface area (Å²) in [7, 11) is 2.22. The van der Waals surface area contributed by atoms with E-state index in [0.29, 0.717) is 0 Å². The predicted molar refractivity (Wildman–Crippen MR) is 115 cm³/mol. The second kappa shape index (κ2) is 15.3. The monoisotopic (exact) mass is 367 g/mol. The number of piperazine rings is 1. The Bertz CT molecular complexity index is 348. The zero-order valence-electron chi connectivity index (χ0n) is 18.0. The number of rotatable bonds is 13. The van der Waals surface area contributed by atoms with Gasteiger partial charge in [-0.15, -0.1) is 0 Å². The van der Waals surface area contributed by atoms with Crippen LogP contribution in [0.25, 0.3) is 0 Å². The lowest BCUT2D eigenvalue weighted by atomic mass is 10.0. The number of nitrogens with zero attached hydrogens (tertiary/aromatic N) is 3. The summed E-state index contributed by atoms with van der Waals surface area (Å²) in [5.41, 5.74) is 0. The lowest BCUT2D eigenvalue weighted by Gasteiger charge is -2.32. The van der Waals surface area contributed by atoms with E-state index in [9.17, 15) is 0 Å². The van der Waals surface area contributed by atoms with Crippen molar-refractivity contribution >= 4 is 5.96 Å². The second-order valence-corrected chi connectivity index (χ2v) is 8.14. The van der Waals surface area contributed by atoms with E-state index in [1.165, 1.54) is 77.7 Å². The normalized spacial score (nSPS) is 17.0. The van der Waals surface area contributed by atoms with Crippen molar-refractivity contribution in [2.24, 2.45) is 10.9 Å². The van der Waals surface area contributed by atoms with Gasteiger partial charge >= 0.3 is 0 Å². The van der Waals surface area contributed by atoms with E-state index in [-0.39, 0.29) is 0 Å². The summed E-state index contributed by atoms with van der Waals surface area (Å²) < 4.78 is 0. The number of likely N-dealkylation sites (N-methyl/N-ethyl adjacent to an activating group) is 1. The lowest BCUT2D eigenvalue weighted by Crippen LogP contribution is -2.44. The minimum Gasteiger partial charge on any atom is -0.357 e. The maximum atomic E-state index is 4.72. The van der Waals surface area contributed by atoms with Crippen molar-refractivity contribution in [1.82, 2.24) is 20.4 Å². The van der Waals surface area contributed by atoms with Gasteiger partial charge in [-0.05, 0) is 45.7 Å². The Kier molecular flexibility index (Phi) is 13.6. The zero-order valence-corrected chi connectivity index (χ0v) is 18.0. The number of guanidine groups is 1. The Hall–Kier alpha value is -0.810. The third-order valence-electron chi connectivity index (χ3n) is 5.09. The molecule has 5 heteroatoms. The summed E-state index contributed by atoms with van der Waals surface area (Å²) in [6.45, 7) is 15.8. The van der Waals surface area contributed by atoms with Gasteiger partial charge in [-0.1, -0.05) is 39.5 Å². The summed E-state index contributed by atoms with van der Waals surface area (Å²) in [5, 5.41) is 6.86. The van der Waals surface area contributed by atoms with Crippen molar-refractivity contribution in [3.8, 4) is 0 Å². The first-order chi connectivity index (χ1) is 12.6. The second-order valence-electron chi connectivity index (χ2n) is 8.14. The van der Waals surface area contributed by atoms with Crippen LogP contribution < -0.4 is 10.6 Å². The first kappa shape index (κ1) is 23.2. The van der Waals surface area contributed by atoms with Gasteiger partial charge in [0.2, 0.25) is 0 Å². The quantitative estimate of drug-likeness (QED) is 0.298. The average Bonchev–Trinajstić information content (AvgIpc) is 2.61. The Balaban J connectivity index is 2.04. The molecular weight excluding hydrogens is 322 g/mol. The number of hydrogen-bond donors (Lipinski definition) is 2. The molecule has 1 heterocycles. The van der Waals surface area contributed by atoms with Gasteiger partial charge in [0.15, 0.2) is 5.96 Å². The fourth-order valence-corrected chi connectivity index (χ4v) is 3.29. The van der Waals surface area contributed by atoms with Crippen LogP contribution in [0.1, 0.15) is 65.7 Å². The minimum absolute atomic E-state index is 0.842. The molecule has 154 valence electrons. The average molecular weight is 368 g/mol. The molecule has 0 spiro atoms. The molecule has 1 fully saturated rings. The Labute approximate surface area is 163 Å². The fourth-order valence-electron chi connectivity index (χ4n) is 3.29. The molecule has 0 aromatic carbocycles. The topological polar surface area (TPSA) is 42.9 Å². The van der Waals surface area contributed by atoms with Gasteiger partial charge < -0.3 is 20.4 Å². The van der Waals surface area contributed by atoms with E-state index < -0.39 is 0 Å². The molecule has 0 bridgehead atoms. The first-order valence-corrected chi connectivity index (χ1v) is 11.0. The first-order valence-electron chi connectivity index (χ1n) is 11.0. The van der Waals surface area contributed by atoms with Crippen LogP contribution in [0.3, 0.4) is 0 Å². The molecule has 0 atom stereocenters. The van der Waals surface area contributed by atoms with Gasteiger partial charge in [-0.25, -0.2) is 0 Å². The Morgan fingerprint density at radius 3 is 2.35 bits per heavy atom. The maximum absolute atomic E-state index is 4.72. The molecule has 2 N–H and O–H groups in total. The van der Waals surface area contributed by atoms with Gasteiger partial charge in [0, 0.05) is 45.8 Å². The molecule has 1 saturated heterocycles. The molecule has 0 amide bonds. The molecular formula is C21H45N5. The van der Waals surface area contributed by atoms with Crippen LogP contribution in [-0.4, -0.2) is 75.2 Å². The third-order valence-corrected chi connectivity index (χ3v) is 5.09. The predicted octanol–water partition coefficient (Wildman–Crippen LogP) is 3.18. The number of aliphatic imine (C=N–C) groups is 1. The van der Waals surface area contributed by atoms with E-state index >= 15 is 0 Å². The van der Waals surface area contributed by atoms with E-state index in [4.69, 9.17) is 4.99 Å². The van der Waals surface area contributed by atoms with Crippen LogP contribution in [0.4, 0.5) is 0 Å². The van der Waals surface area contributed by atoms with Gasteiger partial charge in [-0.3, -0.25) is 4.99 Å². The molecule has 1 aliphatic rings. The van der Waals surface area contributed by atoms with Crippen molar-refractivity contribution < 1.29 is 0 Å². The van der Waals surface area contributed by atoms with E-state index in [1.54, 1.807) is 0 Å². The molecule has 0 unspecified atom stereocenters. The molecule has 1 rings (SSSR count). The largest absolute Gasteiger partial charge is 0.357 e. The van der Waals surface area contributed by atoms with Crippen LogP contribution in [-0.2, 0) is 0 Å². The third kappa shape index (κ3) is 12.5. The van der Waals surface area contributed by atoms with Crippen LogP contribution >= 0.6 is 0 Å². The molecule has 5 nitrogen and oxygen atoms in total. The highest BCUT2D eigenvalue weighted by molar-refractivity contribution is 5.79. The number of unbranched alkanes of at least 4 members (excludes halogenated alkanes) is 4. The summed E-state index contributed by atoms with van der Waals surface area (Å²) >= 11 is 0. The summed E-state index contributed by atoms with van der Waals surface area (Å²) in [4.78, 5) is 9.73. The van der Waals surface area contributed by atoms with Crippen LogP contribution in [0.2, 0.25) is 0 Å². The minimum atomic E-state index is 0.842. The fraction of sp³-hybridized carbons (Fsp3) is 0.952. The number of hydrogen-bond acceptors (Lipinski definition) is 3. The van der Waals surface area contributed by atoms with Crippen LogP contribution in [0.5, 0.6) is 0 Å². The maximum Gasteiger partial charge on any atom is 0.191 e. The number of nitrogens with one attached hydrogen (secondary N) is 2. The van der Waals surface area contributed by atoms with Gasteiger partial charge in [0.1, 0.15) is 0 Å². The molecule has 0 aromatic rings. The molecule has 1 aliphatic heterocycles. The van der Waals surface area contributed by atoms with E-state index in [1.807, 2.05) is 0 Å². The van der Waals surface area contributed by atoms with Crippen LogP contribution in [0.15, 0.2) is 4.99 Å².